The van der Waals surface area contributed by atoms with E-state index < -0.39 is 10.0 Å². The summed E-state index contributed by atoms with van der Waals surface area (Å²) in [6, 6.07) is 8.37. The Kier molecular flexibility index (Phi) is 4.25. The first kappa shape index (κ1) is 15.8. The average Bonchev–Trinajstić information content (AvgIpc) is 2.41. The number of halogens is 1. The highest BCUT2D eigenvalue weighted by Crippen LogP contribution is 2.30. The number of hydrogen-bond acceptors (Lipinski definition) is 3. The molecule has 1 N–H and O–H groups in total. The SMILES string of the molecule is CC(C)(C)c1ccc(NS(=O)(=O)c2cccnc2)c(Cl)c1. The van der Waals surface area contributed by atoms with E-state index in [0.717, 1.165) is 5.56 Å². The summed E-state index contributed by atoms with van der Waals surface area (Å²) in [5.74, 6) is 0. The minimum Gasteiger partial charge on any atom is -0.278 e. The molecule has 0 bridgehead atoms. The van der Waals surface area contributed by atoms with E-state index in [9.17, 15) is 8.42 Å². The summed E-state index contributed by atoms with van der Waals surface area (Å²) in [5.41, 5.74) is 1.34. The van der Waals surface area contributed by atoms with Gasteiger partial charge in [0.2, 0.25) is 0 Å². The number of sulfonamides is 1. The zero-order chi connectivity index (χ0) is 15.7. The van der Waals surface area contributed by atoms with E-state index in [0.29, 0.717) is 10.7 Å². The van der Waals surface area contributed by atoms with Crippen molar-refractivity contribution in [1.29, 1.82) is 0 Å². The first-order valence-corrected chi connectivity index (χ1v) is 8.29. The molecule has 112 valence electrons. The van der Waals surface area contributed by atoms with Crippen LogP contribution in [0, 0.1) is 0 Å². The van der Waals surface area contributed by atoms with Crippen molar-refractivity contribution >= 4 is 27.3 Å². The second kappa shape index (κ2) is 5.66. The third-order valence-corrected chi connectivity index (χ3v) is 4.69. The summed E-state index contributed by atoms with van der Waals surface area (Å²) >= 11 is 6.19. The van der Waals surface area contributed by atoms with Crippen molar-refractivity contribution in [2.75, 3.05) is 4.72 Å². The van der Waals surface area contributed by atoms with Crippen LogP contribution in [0.4, 0.5) is 5.69 Å². The Morgan fingerprint density at radius 1 is 1.19 bits per heavy atom. The summed E-state index contributed by atoms with van der Waals surface area (Å²) in [6.07, 6.45) is 2.81. The summed E-state index contributed by atoms with van der Waals surface area (Å²) in [5, 5.41) is 0.370. The van der Waals surface area contributed by atoms with Crippen molar-refractivity contribution < 1.29 is 8.42 Å². The van der Waals surface area contributed by atoms with Gasteiger partial charge in [0, 0.05) is 12.4 Å². The molecular formula is C15H17ClN2O2S. The molecule has 0 saturated carbocycles. The van der Waals surface area contributed by atoms with Crippen LogP contribution in [0.15, 0.2) is 47.6 Å². The van der Waals surface area contributed by atoms with Crippen molar-refractivity contribution in [3.63, 3.8) is 0 Å². The molecule has 0 unspecified atom stereocenters. The number of aromatic nitrogens is 1. The number of rotatable bonds is 3. The molecule has 21 heavy (non-hydrogen) atoms. The summed E-state index contributed by atoms with van der Waals surface area (Å²) in [4.78, 5) is 3.91. The Balaban J connectivity index is 2.33. The molecule has 1 aromatic heterocycles. The number of nitrogens with one attached hydrogen (secondary N) is 1. The number of hydrogen-bond donors (Lipinski definition) is 1. The van der Waals surface area contributed by atoms with Gasteiger partial charge in [0.05, 0.1) is 10.7 Å². The molecule has 1 heterocycles. The molecule has 2 rings (SSSR count). The van der Waals surface area contributed by atoms with Crippen LogP contribution in [0.25, 0.3) is 0 Å². The van der Waals surface area contributed by atoms with E-state index in [4.69, 9.17) is 11.6 Å². The van der Waals surface area contributed by atoms with Crippen molar-refractivity contribution in [2.24, 2.45) is 0 Å². The molecule has 0 aliphatic rings. The van der Waals surface area contributed by atoms with Gasteiger partial charge < -0.3 is 0 Å². The summed E-state index contributed by atoms with van der Waals surface area (Å²) in [7, 11) is -3.68. The van der Waals surface area contributed by atoms with E-state index in [1.807, 2.05) is 6.07 Å². The molecule has 6 heteroatoms. The van der Waals surface area contributed by atoms with Gasteiger partial charge in [0.1, 0.15) is 4.90 Å². The van der Waals surface area contributed by atoms with Gasteiger partial charge in [0.15, 0.2) is 0 Å². The monoisotopic (exact) mass is 324 g/mol. The largest absolute Gasteiger partial charge is 0.278 e. The summed E-state index contributed by atoms with van der Waals surface area (Å²) < 4.78 is 26.9. The zero-order valence-electron chi connectivity index (χ0n) is 12.1. The predicted octanol–water partition coefficient (Wildman–Crippen LogP) is 3.83. The number of pyridine rings is 1. The van der Waals surface area contributed by atoms with Crippen LogP contribution in [-0.2, 0) is 15.4 Å². The Labute approximate surface area is 130 Å². The first-order chi connectivity index (χ1) is 9.70. The predicted molar refractivity (Wildman–Crippen MR) is 85.2 cm³/mol. The van der Waals surface area contributed by atoms with Crippen molar-refractivity contribution in [3.8, 4) is 0 Å². The maximum Gasteiger partial charge on any atom is 0.263 e. The molecule has 0 amide bonds. The molecular weight excluding hydrogens is 308 g/mol. The van der Waals surface area contributed by atoms with Gasteiger partial charge >= 0.3 is 0 Å². The van der Waals surface area contributed by atoms with Gasteiger partial charge in [-0.2, -0.15) is 0 Å². The molecule has 0 spiro atoms. The standard InChI is InChI=1S/C15H17ClN2O2S/c1-15(2,3)11-6-7-14(13(16)9-11)18-21(19,20)12-5-4-8-17-10-12/h4-10,18H,1-3H3. The Hall–Kier alpha value is -1.59. The van der Waals surface area contributed by atoms with Crippen LogP contribution in [0.2, 0.25) is 5.02 Å². The molecule has 0 radical (unpaired) electrons. The van der Waals surface area contributed by atoms with Crippen molar-refractivity contribution in [1.82, 2.24) is 4.98 Å². The fourth-order valence-corrected chi connectivity index (χ4v) is 3.10. The van der Waals surface area contributed by atoms with Gasteiger partial charge in [-0.25, -0.2) is 8.42 Å². The van der Waals surface area contributed by atoms with E-state index in [1.54, 1.807) is 18.2 Å². The highest BCUT2D eigenvalue weighted by Gasteiger charge is 2.18. The first-order valence-electron chi connectivity index (χ1n) is 6.43. The van der Waals surface area contributed by atoms with Crippen LogP contribution in [0.5, 0.6) is 0 Å². The average molecular weight is 325 g/mol. The van der Waals surface area contributed by atoms with Crippen LogP contribution < -0.4 is 4.72 Å². The minimum absolute atomic E-state index is 0.0512. The van der Waals surface area contributed by atoms with Crippen LogP contribution in [0.3, 0.4) is 0 Å². The lowest BCUT2D eigenvalue weighted by Crippen LogP contribution is -2.15. The maximum absolute atomic E-state index is 12.2. The Morgan fingerprint density at radius 2 is 1.90 bits per heavy atom. The van der Waals surface area contributed by atoms with E-state index in [1.165, 1.54) is 18.5 Å². The van der Waals surface area contributed by atoms with E-state index >= 15 is 0 Å². The normalized spacial score (nSPS) is 12.2. The van der Waals surface area contributed by atoms with Crippen LogP contribution in [-0.4, -0.2) is 13.4 Å². The quantitative estimate of drug-likeness (QED) is 0.933. The van der Waals surface area contributed by atoms with Crippen molar-refractivity contribution in [2.45, 2.75) is 31.1 Å². The number of nitrogens with zero attached hydrogens (tertiary/aromatic N) is 1. The molecule has 0 saturated heterocycles. The Morgan fingerprint density at radius 3 is 2.43 bits per heavy atom. The van der Waals surface area contributed by atoms with Crippen LogP contribution in [0.1, 0.15) is 26.3 Å². The molecule has 0 aliphatic heterocycles. The topological polar surface area (TPSA) is 59.1 Å². The molecule has 4 nitrogen and oxygen atoms in total. The zero-order valence-corrected chi connectivity index (χ0v) is 13.7. The lowest BCUT2D eigenvalue weighted by molar-refractivity contribution is 0.590. The lowest BCUT2D eigenvalue weighted by atomic mass is 9.87. The molecule has 1 aromatic carbocycles. The highest BCUT2D eigenvalue weighted by molar-refractivity contribution is 7.92. The molecule has 0 atom stereocenters. The Bertz CT molecular complexity index is 738. The third kappa shape index (κ3) is 3.74. The fourth-order valence-electron chi connectivity index (χ4n) is 1.77. The van der Waals surface area contributed by atoms with Gasteiger partial charge in [0.25, 0.3) is 10.0 Å². The molecule has 0 aliphatic carbocycles. The lowest BCUT2D eigenvalue weighted by Gasteiger charge is -2.20. The van der Waals surface area contributed by atoms with Crippen LogP contribution >= 0.6 is 11.6 Å². The second-order valence-electron chi connectivity index (χ2n) is 5.74. The van der Waals surface area contributed by atoms with Crippen molar-refractivity contribution in [3.05, 3.63) is 53.3 Å². The summed E-state index contributed by atoms with van der Waals surface area (Å²) in [6.45, 7) is 6.20. The molecule has 2 aromatic rings. The molecule has 0 fully saturated rings. The number of benzene rings is 1. The van der Waals surface area contributed by atoms with Gasteiger partial charge in [-0.15, -0.1) is 0 Å². The second-order valence-corrected chi connectivity index (χ2v) is 7.83. The van der Waals surface area contributed by atoms with E-state index in [2.05, 4.69) is 30.5 Å². The number of anilines is 1. The maximum atomic E-state index is 12.2. The highest BCUT2D eigenvalue weighted by atomic mass is 35.5. The van der Waals surface area contributed by atoms with Gasteiger partial charge in [-0.3, -0.25) is 9.71 Å². The fraction of sp³-hybridized carbons (Fsp3) is 0.267. The smallest absolute Gasteiger partial charge is 0.263 e. The minimum atomic E-state index is -3.68. The van der Waals surface area contributed by atoms with Gasteiger partial charge in [-0.1, -0.05) is 38.4 Å². The van der Waals surface area contributed by atoms with E-state index in [-0.39, 0.29) is 10.3 Å². The van der Waals surface area contributed by atoms with Gasteiger partial charge in [-0.05, 0) is 35.2 Å². The third-order valence-electron chi connectivity index (χ3n) is 3.02.